The van der Waals surface area contributed by atoms with Crippen molar-refractivity contribution in [1.82, 2.24) is 4.57 Å². The number of amides is 1. The Morgan fingerprint density at radius 3 is 2.88 bits per heavy atom. The number of carbonyl (C=O) groups excluding carboxylic acids is 1. The Balaban J connectivity index is 2.11. The molecule has 2 aromatic carbocycles. The summed E-state index contributed by atoms with van der Waals surface area (Å²) in [5.74, 6) is 0.773. The maximum atomic E-state index is 12.5. The Hall–Kier alpha value is -1.37. The summed E-state index contributed by atoms with van der Waals surface area (Å²) in [4.78, 5) is 17.7. The molecule has 0 atom stereocenters. The van der Waals surface area contributed by atoms with Crippen molar-refractivity contribution in [3.8, 4) is 0 Å². The van der Waals surface area contributed by atoms with Crippen LogP contribution in [0, 0.1) is 6.92 Å². The molecular formula is C18H17BrN2OS2. The van der Waals surface area contributed by atoms with E-state index < -0.39 is 0 Å². The van der Waals surface area contributed by atoms with Gasteiger partial charge in [-0.15, -0.1) is 0 Å². The fourth-order valence-electron chi connectivity index (χ4n) is 2.44. The molecule has 124 valence electrons. The summed E-state index contributed by atoms with van der Waals surface area (Å²) >= 11 is 6.76. The van der Waals surface area contributed by atoms with Crippen LogP contribution in [0.2, 0.25) is 0 Å². The zero-order valence-corrected chi connectivity index (χ0v) is 16.7. The van der Waals surface area contributed by atoms with Gasteiger partial charge in [-0.1, -0.05) is 39.4 Å². The first kappa shape index (κ1) is 17.5. The van der Waals surface area contributed by atoms with Crippen molar-refractivity contribution >= 4 is 55.2 Å². The van der Waals surface area contributed by atoms with Gasteiger partial charge in [-0.2, -0.15) is 16.8 Å². The molecule has 0 aliphatic heterocycles. The molecule has 3 aromatic rings. The molecule has 0 aliphatic carbocycles. The van der Waals surface area contributed by atoms with Crippen LogP contribution in [0.1, 0.15) is 15.9 Å². The second-order valence-electron chi connectivity index (χ2n) is 5.43. The Morgan fingerprint density at radius 1 is 1.29 bits per heavy atom. The van der Waals surface area contributed by atoms with Crippen LogP contribution in [0.4, 0.5) is 0 Å². The van der Waals surface area contributed by atoms with Crippen molar-refractivity contribution in [1.29, 1.82) is 0 Å². The highest BCUT2D eigenvalue weighted by Gasteiger charge is 2.09. The van der Waals surface area contributed by atoms with E-state index in [2.05, 4.69) is 56.9 Å². The number of halogens is 1. The molecule has 0 N–H and O–H groups in total. The number of nitrogens with zero attached hydrogens (tertiary/aromatic N) is 2. The zero-order chi connectivity index (χ0) is 17.1. The minimum atomic E-state index is -0.211. The van der Waals surface area contributed by atoms with Crippen LogP contribution < -0.4 is 4.80 Å². The first-order valence-electron chi connectivity index (χ1n) is 7.52. The first-order valence-corrected chi connectivity index (χ1v) is 10.5. The van der Waals surface area contributed by atoms with E-state index in [1.165, 1.54) is 5.56 Å². The van der Waals surface area contributed by atoms with E-state index in [4.69, 9.17) is 0 Å². The highest BCUT2D eigenvalue weighted by molar-refractivity contribution is 9.10. The summed E-state index contributed by atoms with van der Waals surface area (Å²) in [6.45, 7) is 2.92. The largest absolute Gasteiger partial charge is 0.316 e. The molecule has 6 heteroatoms. The molecule has 0 fully saturated rings. The van der Waals surface area contributed by atoms with Crippen LogP contribution in [-0.4, -0.2) is 22.5 Å². The smallest absolute Gasteiger partial charge is 0.279 e. The molecule has 0 saturated carbocycles. The van der Waals surface area contributed by atoms with Crippen LogP contribution >= 0.6 is 39.0 Å². The van der Waals surface area contributed by atoms with Crippen molar-refractivity contribution in [2.45, 2.75) is 13.5 Å². The Morgan fingerprint density at radius 2 is 2.12 bits per heavy atom. The molecule has 0 saturated heterocycles. The molecule has 3 rings (SSSR count). The van der Waals surface area contributed by atoms with Crippen LogP contribution in [-0.2, 0) is 6.54 Å². The lowest BCUT2D eigenvalue weighted by molar-refractivity contribution is 0.0998. The molecule has 0 radical (unpaired) electrons. The van der Waals surface area contributed by atoms with Gasteiger partial charge in [0.15, 0.2) is 4.80 Å². The molecule has 1 amide bonds. The predicted octanol–water partition coefficient (Wildman–Crippen LogP) is 4.88. The summed E-state index contributed by atoms with van der Waals surface area (Å²) in [7, 11) is 0. The number of hydrogen-bond donors (Lipinski definition) is 0. The number of thiazole rings is 1. The van der Waals surface area contributed by atoms with Crippen molar-refractivity contribution in [3.05, 3.63) is 62.9 Å². The van der Waals surface area contributed by atoms with Gasteiger partial charge < -0.3 is 4.57 Å². The number of rotatable bonds is 4. The standard InChI is InChI=1S/C18H17BrN2OS2/c1-12-6-7-15-16(10-12)24-18(21(15)8-9-23-2)20-17(22)13-4-3-5-14(19)11-13/h3-7,10-11H,8-9H2,1-2H3. The monoisotopic (exact) mass is 420 g/mol. The fraction of sp³-hybridized carbons (Fsp3) is 0.222. The quantitative estimate of drug-likeness (QED) is 0.602. The third-order valence-corrected chi connectivity index (χ3v) is 5.75. The molecule has 0 unspecified atom stereocenters. The van der Waals surface area contributed by atoms with Gasteiger partial charge in [0.1, 0.15) is 0 Å². The lowest BCUT2D eigenvalue weighted by Crippen LogP contribution is -2.18. The molecular weight excluding hydrogens is 404 g/mol. The Kier molecular flexibility index (Phi) is 5.58. The van der Waals surface area contributed by atoms with Gasteiger partial charge in [0.05, 0.1) is 10.2 Å². The minimum absolute atomic E-state index is 0.211. The molecule has 0 aliphatic rings. The third-order valence-electron chi connectivity index (χ3n) is 3.63. The van der Waals surface area contributed by atoms with E-state index in [1.807, 2.05) is 12.1 Å². The van der Waals surface area contributed by atoms with Crippen molar-refractivity contribution in [3.63, 3.8) is 0 Å². The third kappa shape index (κ3) is 3.82. The van der Waals surface area contributed by atoms with Crippen molar-refractivity contribution < 1.29 is 4.79 Å². The van der Waals surface area contributed by atoms with Crippen molar-refractivity contribution in [2.24, 2.45) is 4.99 Å². The fourth-order valence-corrected chi connectivity index (χ4v) is 4.35. The Labute approximate surface area is 157 Å². The van der Waals surface area contributed by atoms with Gasteiger partial charge in [0.2, 0.25) is 0 Å². The number of carbonyl (C=O) groups is 1. The Bertz CT molecular complexity index is 959. The average Bonchev–Trinajstić information content (AvgIpc) is 2.89. The number of thioether (sulfide) groups is 1. The van der Waals surface area contributed by atoms with Gasteiger partial charge in [0.25, 0.3) is 5.91 Å². The number of aromatic nitrogens is 1. The molecule has 3 nitrogen and oxygen atoms in total. The van der Waals surface area contributed by atoms with Gasteiger partial charge in [-0.25, -0.2) is 0 Å². The topological polar surface area (TPSA) is 34.4 Å². The maximum Gasteiger partial charge on any atom is 0.279 e. The van der Waals surface area contributed by atoms with Gasteiger partial charge in [0, 0.05) is 22.3 Å². The lowest BCUT2D eigenvalue weighted by Gasteiger charge is -2.04. The molecule has 0 spiro atoms. The summed E-state index contributed by atoms with van der Waals surface area (Å²) < 4.78 is 4.19. The van der Waals surface area contributed by atoms with Crippen LogP contribution in [0.25, 0.3) is 10.2 Å². The zero-order valence-electron chi connectivity index (χ0n) is 13.5. The number of hydrogen-bond acceptors (Lipinski definition) is 3. The second kappa shape index (κ2) is 7.68. The van der Waals surface area contributed by atoms with E-state index in [0.29, 0.717) is 5.56 Å². The van der Waals surface area contributed by atoms with Gasteiger partial charge in [-0.05, 0) is 49.1 Å². The van der Waals surface area contributed by atoms with Crippen LogP contribution in [0.15, 0.2) is 51.9 Å². The van der Waals surface area contributed by atoms with Gasteiger partial charge >= 0.3 is 0 Å². The number of aryl methyl sites for hydroxylation is 2. The average molecular weight is 421 g/mol. The summed E-state index contributed by atoms with van der Waals surface area (Å²) in [6, 6.07) is 13.7. The number of benzene rings is 2. The lowest BCUT2D eigenvalue weighted by atomic mass is 10.2. The van der Waals surface area contributed by atoms with Crippen LogP contribution in [0.3, 0.4) is 0 Å². The maximum absolute atomic E-state index is 12.5. The van der Waals surface area contributed by atoms with E-state index >= 15 is 0 Å². The summed E-state index contributed by atoms with van der Waals surface area (Å²) in [5.41, 5.74) is 2.94. The highest BCUT2D eigenvalue weighted by Crippen LogP contribution is 2.20. The summed E-state index contributed by atoms with van der Waals surface area (Å²) in [5, 5.41) is 0. The SMILES string of the molecule is CSCCn1c(=NC(=O)c2cccc(Br)c2)sc2cc(C)ccc21. The minimum Gasteiger partial charge on any atom is -0.316 e. The molecule has 24 heavy (non-hydrogen) atoms. The van der Waals surface area contributed by atoms with Crippen molar-refractivity contribution in [2.75, 3.05) is 12.0 Å². The van der Waals surface area contributed by atoms with E-state index in [9.17, 15) is 4.79 Å². The predicted molar refractivity (Wildman–Crippen MR) is 107 cm³/mol. The number of fused-ring (bicyclic) bond motifs is 1. The second-order valence-corrected chi connectivity index (χ2v) is 8.34. The summed E-state index contributed by atoms with van der Waals surface area (Å²) in [6.07, 6.45) is 2.09. The highest BCUT2D eigenvalue weighted by atomic mass is 79.9. The first-order chi connectivity index (χ1) is 11.6. The van der Waals surface area contributed by atoms with E-state index in [-0.39, 0.29) is 5.91 Å². The van der Waals surface area contributed by atoms with Gasteiger partial charge in [-0.3, -0.25) is 4.79 Å². The van der Waals surface area contributed by atoms with E-state index in [1.54, 1.807) is 35.2 Å². The molecule has 1 heterocycles. The van der Waals surface area contributed by atoms with E-state index in [0.717, 1.165) is 31.8 Å². The normalized spacial score (nSPS) is 12.0. The van der Waals surface area contributed by atoms with Crippen LogP contribution in [0.5, 0.6) is 0 Å². The molecule has 0 bridgehead atoms. The molecule has 1 aromatic heterocycles.